The fraction of sp³-hybridized carbons (Fsp3) is 0.556. The van der Waals surface area contributed by atoms with Gasteiger partial charge in [-0.15, -0.1) is 0 Å². The summed E-state index contributed by atoms with van der Waals surface area (Å²) in [4.78, 5) is 0.849. The Labute approximate surface area is 139 Å². The minimum absolute atomic E-state index is 0.0425. The van der Waals surface area contributed by atoms with Crippen molar-refractivity contribution in [3.05, 3.63) is 40.8 Å². The normalized spacial score (nSPS) is 15.6. The Hall–Kier alpha value is -0.713. The van der Waals surface area contributed by atoms with Crippen LogP contribution in [0.1, 0.15) is 40.2 Å². The first kappa shape index (κ1) is 19.3. The molecule has 0 aromatic heterocycles. The summed E-state index contributed by atoms with van der Waals surface area (Å²) >= 11 is 0. The first-order chi connectivity index (χ1) is 10.4. The summed E-state index contributed by atoms with van der Waals surface area (Å²) in [7, 11) is -2.72. The second-order valence-corrected chi connectivity index (χ2v) is 12.0. The lowest BCUT2D eigenvalue weighted by Gasteiger charge is -2.32. The van der Waals surface area contributed by atoms with E-state index in [9.17, 15) is 4.21 Å². The largest absolute Gasteiger partial charge is 0.411 e. The van der Waals surface area contributed by atoms with E-state index in [1.165, 1.54) is 5.56 Å². The quantitative estimate of drug-likeness (QED) is 0.592. The van der Waals surface area contributed by atoms with Gasteiger partial charge in [0.1, 0.15) is 0 Å². The molecule has 124 valence electrons. The molecule has 4 heteroatoms. The van der Waals surface area contributed by atoms with E-state index in [0.29, 0.717) is 0 Å². The van der Waals surface area contributed by atoms with Gasteiger partial charge in [-0.2, -0.15) is 0 Å². The highest BCUT2D eigenvalue weighted by Crippen LogP contribution is 2.25. The molecule has 0 saturated heterocycles. The third kappa shape index (κ3) is 5.18. The molecular formula is C18H30O2SSi. The smallest absolute Gasteiger partial charge is 0.192 e. The van der Waals surface area contributed by atoms with Crippen LogP contribution in [-0.4, -0.2) is 18.6 Å². The van der Waals surface area contributed by atoms with E-state index >= 15 is 0 Å². The van der Waals surface area contributed by atoms with E-state index in [4.69, 9.17) is 4.43 Å². The van der Waals surface area contributed by atoms with Crippen molar-refractivity contribution < 1.29 is 8.63 Å². The number of aryl methyl sites for hydroxylation is 1. The van der Waals surface area contributed by atoms with Crippen LogP contribution in [0, 0.1) is 6.92 Å². The van der Waals surface area contributed by atoms with Crippen molar-refractivity contribution in [2.45, 2.75) is 70.7 Å². The Kier molecular flexibility index (Phi) is 7.73. The van der Waals surface area contributed by atoms with Gasteiger partial charge in [-0.3, -0.25) is 0 Å². The van der Waals surface area contributed by atoms with Crippen LogP contribution in [0.25, 0.3) is 0 Å². The summed E-state index contributed by atoms with van der Waals surface area (Å²) in [6.07, 6.45) is 0.0425. The van der Waals surface area contributed by atoms with Gasteiger partial charge in [-0.05, 0) is 56.6 Å². The number of rotatable bonds is 8. The highest BCUT2D eigenvalue weighted by Gasteiger charge is 2.31. The van der Waals surface area contributed by atoms with Crippen molar-refractivity contribution in [2.24, 2.45) is 0 Å². The maximum Gasteiger partial charge on any atom is 0.192 e. The van der Waals surface area contributed by atoms with Gasteiger partial charge in [0.2, 0.25) is 0 Å². The van der Waals surface area contributed by atoms with E-state index in [1.54, 1.807) is 0 Å². The molecule has 0 radical (unpaired) electrons. The maximum absolute atomic E-state index is 12.4. The number of benzene rings is 1. The molecule has 0 saturated carbocycles. The lowest BCUT2D eigenvalue weighted by atomic mass is 10.2. The summed E-state index contributed by atoms with van der Waals surface area (Å²) in [6, 6.07) is 11.3. The highest BCUT2D eigenvalue weighted by atomic mass is 32.2. The van der Waals surface area contributed by atoms with Crippen LogP contribution in [0.2, 0.25) is 18.1 Å². The summed E-state index contributed by atoms with van der Waals surface area (Å²) < 4.78 is 18.9. The van der Waals surface area contributed by atoms with Crippen LogP contribution in [0.3, 0.4) is 0 Å². The Balaban J connectivity index is 2.82. The van der Waals surface area contributed by atoms with Crippen LogP contribution in [-0.2, 0) is 15.2 Å². The molecule has 0 amide bonds. The van der Waals surface area contributed by atoms with Gasteiger partial charge in [0.15, 0.2) is 8.32 Å². The van der Waals surface area contributed by atoms with E-state index in [1.807, 2.05) is 43.5 Å². The van der Waals surface area contributed by atoms with Gasteiger partial charge in [-0.1, -0.05) is 38.5 Å². The van der Waals surface area contributed by atoms with Crippen molar-refractivity contribution in [3.8, 4) is 0 Å². The fourth-order valence-electron chi connectivity index (χ4n) is 2.47. The number of hydrogen-bond acceptors (Lipinski definition) is 2. The minimum atomic E-state index is -1.62. The molecule has 0 aliphatic carbocycles. The summed E-state index contributed by atoms with van der Waals surface area (Å²) in [5.74, 6) is 0. The van der Waals surface area contributed by atoms with E-state index in [2.05, 4.69) is 27.7 Å². The standard InChI is InChI=1S/C18H30O2SSi/c1-7-22(8-2,9-3)20-17(6)16(5)14-21(19)18-12-10-15(4)11-13-18/h10-14,17H,7-9H2,1-6H3/b16-14-/t17?,21-/m1/s1. The van der Waals surface area contributed by atoms with Gasteiger partial charge >= 0.3 is 0 Å². The molecule has 0 aliphatic heterocycles. The molecule has 0 N–H and O–H groups in total. The molecule has 0 bridgehead atoms. The summed E-state index contributed by atoms with van der Waals surface area (Å²) in [5.41, 5.74) is 2.24. The molecule has 2 atom stereocenters. The third-order valence-electron chi connectivity index (χ3n) is 4.55. The molecule has 0 spiro atoms. The van der Waals surface area contributed by atoms with Gasteiger partial charge in [0, 0.05) is 10.3 Å². The average Bonchev–Trinajstić information content (AvgIpc) is 2.53. The zero-order valence-electron chi connectivity index (χ0n) is 14.8. The molecule has 0 heterocycles. The SMILES string of the molecule is CC[Si](CC)(CC)OC(C)/C(C)=C\[S@@](=O)c1ccc(C)cc1. The second kappa shape index (κ2) is 8.80. The van der Waals surface area contributed by atoms with Gasteiger partial charge < -0.3 is 4.43 Å². The third-order valence-corrected chi connectivity index (χ3v) is 10.6. The van der Waals surface area contributed by atoms with Crippen molar-refractivity contribution in [1.82, 2.24) is 0 Å². The average molecular weight is 339 g/mol. The predicted molar refractivity (Wildman–Crippen MR) is 99.1 cm³/mol. The highest BCUT2D eigenvalue weighted by molar-refractivity contribution is 7.88. The van der Waals surface area contributed by atoms with Crippen LogP contribution in [0.4, 0.5) is 0 Å². The van der Waals surface area contributed by atoms with E-state index in [0.717, 1.165) is 28.6 Å². The lowest BCUT2D eigenvalue weighted by molar-refractivity contribution is 0.240. The lowest BCUT2D eigenvalue weighted by Crippen LogP contribution is -2.39. The molecule has 0 fully saturated rings. The fourth-order valence-corrected chi connectivity index (χ4v) is 6.48. The molecule has 1 unspecified atom stereocenters. The Bertz CT molecular complexity index is 510. The topological polar surface area (TPSA) is 26.3 Å². The van der Waals surface area contributed by atoms with Crippen molar-refractivity contribution in [2.75, 3.05) is 0 Å². The number of hydrogen-bond donors (Lipinski definition) is 0. The van der Waals surface area contributed by atoms with Crippen LogP contribution >= 0.6 is 0 Å². The van der Waals surface area contributed by atoms with Crippen molar-refractivity contribution in [1.29, 1.82) is 0 Å². The van der Waals surface area contributed by atoms with E-state index < -0.39 is 19.1 Å². The second-order valence-electron chi connectivity index (χ2n) is 5.98. The first-order valence-electron chi connectivity index (χ1n) is 8.20. The monoisotopic (exact) mass is 338 g/mol. The minimum Gasteiger partial charge on any atom is -0.411 e. The molecule has 1 aromatic carbocycles. The Morgan fingerprint density at radius 2 is 1.68 bits per heavy atom. The summed E-state index contributed by atoms with van der Waals surface area (Å²) in [6.45, 7) is 12.8. The first-order valence-corrected chi connectivity index (χ1v) is 11.9. The Morgan fingerprint density at radius 1 is 1.18 bits per heavy atom. The van der Waals surface area contributed by atoms with Crippen LogP contribution in [0.5, 0.6) is 0 Å². The van der Waals surface area contributed by atoms with Crippen LogP contribution < -0.4 is 0 Å². The van der Waals surface area contributed by atoms with Gasteiger partial charge in [0.25, 0.3) is 0 Å². The maximum atomic E-state index is 12.4. The Morgan fingerprint density at radius 3 is 2.14 bits per heavy atom. The van der Waals surface area contributed by atoms with E-state index in [-0.39, 0.29) is 6.10 Å². The van der Waals surface area contributed by atoms with Crippen molar-refractivity contribution >= 4 is 19.1 Å². The molecular weight excluding hydrogens is 308 g/mol. The molecule has 2 nitrogen and oxygen atoms in total. The molecule has 0 aliphatic rings. The van der Waals surface area contributed by atoms with Gasteiger partial charge in [-0.25, -0.2) is 4.21 Å². The zero-order chi connectivity index (χ0) is 16.8. The summed E-state index contributed by atoms with van der Waals surface area (Å²) in [5, 5.41) is 1.84. The molecule has 1 rings (SSSR count). The predicted octanol–water partition coefficient (Wildman–Crippen LogP) is 5.42. The van der Waals surface area contributed by atoms with Crippen LogP contribution in [0.15, 0.2) is 40.1 Å². The molecule has 22 heavy (non-hydrogen) atoms. The molecule has 1 aromatic rings. The van der Waals surface area contributed by atoms with Crippen molar-refractivity contribution in [3.63, 3.8) is 0 Å². The zero-order valence-corrected chi connectivity index (χ0v) is 16.6. The van der Waals surface area contributed by atoms with Gasteiger partial charge in [0.05, 0.1) is 16.9 Å².